The van der Waals surface area contributed by atoms with Crippen LogP contribution in [0.3, 0.4) is 0 Å². The van der Waals surface area contributed by atoms with Crippen LogP contribution in [-0.4, -0.2) is 34.3 Å². The van der Waals surface area contributed by atoms with Crippen LogP contribution in [0.5, 0.6) is 5.75 Å². The Balaban J connectivity index is 1.43. The molecule has 1 amide bonds. The molecule has 1 aromatic heterocycles. The van der Waals surface area contributed by atoms with E-state index in [1.165, 1.54) is 0 Å². The second-order valence-corrected chi connectivity index (χ2v) is 6.75. The predicted octanol–water partition coefficient (Wildman–Crippen LogP) is 0.705. The fourth-order valence-electron chi connectivity index (χ4n) is 3.69. The number of hydrazine groups is 1. The zero-order chi connectivity index (χ0) is 17.9. The van der Waals surface area contributed by atoms with Crippen molar-refractivity contribution in [1.82, 2.24) is 30.9 Å². The summed E-state index contributed by atoms with van der Waals surface area (Å²) < 4.78 is 7.43. The van der Waals surface area contributed by atoms with Crippen molar-refractivity contribution in [3.8, 4) is 5.75 Å². The standard InChI is InChI=1S/C18H24N6O2/c1-26-13-6-4-5-12(9-13)17-14(10-20-23-17)18(25)19-11-16-22-21-15-7-2-3-8-24(15)16/h4-6,9,14,17,20,23H,2-3,7-8,10-11H2,1H3,(H,19,25). The number of carbonyl (C=O) groups excluding carboxylic acids is 1. The largest absolute Gasteiger partial charge is 0.497 e. The average molecular weight is 356 g/mol. The number of methoxy groups -OCH3 is 1. The first-order valence-corrected chi connectivity index (χ1v) is 9.07. The van der Waals surface area contributed by atoms with Gasteiger partial charge in [0.05, 0.1) is 25.6 Å². The Morgan fingerprint density at radius 2 is 2.31 bits per heavy atom. The lowest BCUT2D eigenvalue weighted by Crippen LogP contribution is -2.35. The highest BCUT2D eigenvalue weighted by molar-refractivity contribution is 5.80. The van der Waals surface area contributed by atoms with Crippen LogP contribution in [-0.2, 0) is 24.3 Å². The van der Waals surface area contributed by atoms with Gasteiger partial charge in [-0.3, -0.25) is 10.2 Å². The molecule has 3 N–H and O–H groups in total. The van der Waals surface area contributed by atoms with Crippen LogP contribution in [0.2, 0.25) is 0 Å². The molecule has 2 aromatic rings. The number of fused-ring (bicyclic) bond motifs is 1. The third-order valence-corrected chi connectivity index (χ3v) is 5.13. The van der Waals surface area contributed by atoms with Gasteiger partial charge in [-0.05, 0) is 30.5 Å². The molecule has 4 rings (SSSR count). The van der Waals surface area contributed by atoms with Gasteiger partial charge in [-0.15, -0.1) is 10.2 Å². The van der Waals surface area contributed by atoms with Gasteiger partial charge in [0.25, 0.3) is 0 Å². The first kappa shape index (κ1) is 17.0. The van der Waals surface area contributed by atoms with E-state index in [2.05, 4.69) is 30.9 Å². The highest BCUT2D eigenvalue weighted by Gasteiger charge is 2.34. The summed E-state index contributed by atoms with van der Waals surface area (Å²) in [5.74, 6) is 2.45. The van der Waals surface area contributed by atoms with Crippen LogP contribution in [0.4, 0.5) is 0 Å². The molecule has 138 valence electrons. The van der Waals surface area contributed by atoms with Crippen molar-refractivity contribution in [2.45, 2.75) is 38.4 Å². The molecule has 2 unspecified atom stereocenters. The first-order chi connectivity index (χ1) is 12.8. The van der Waals surface area contributed by atoms with E-state index in [0.717, 1.165) is 48.8 Å². The van der Waals surface area contributed by atoms with E-state index < -0.39 is 0 Å². The normalized spacial score (nSPS) is 22.0. The fourth-order valence-corrected chi connectivity index (χ4v) is 3.69. The monoisotopic (exact) mass is 356 g/mol. The van der Waals surface area contributed by atoms with E-state index in [9.17, 15) is 4.79 Å². The summed E-state index contributed by atoms with van der Waals surface area (Å²) in [5.41, 5.74) is 7.32. The van der Waals surface area contributed by atoms with Crippen LogP contribution in [0.1, 0.15) is 36.1 Å². The van der Waals surface area contributed by atoms with Crippen LogP contribution in [0, 0.1) is 5.92 Å². The Kier molecular flexibility index (Phi) is 4.85. The number of amides is 1. The van der Waals surface area contributed by atoms with Gasteiger partial charge in [0.1, 0.15) is 11.6 Å². The van der Waals surface area contributed by atoms with Crippen LogP contribution >= 0.6 is 0 Å². The summed E-state index contributed by atoms with van der Waals surface area (Å²) in [4.78, 5) is 12.8. The minimum absolute atomic E-state index is 0.00322. The Labute approximate surface area is 152 Å². The summed E-state index contributed by atoms with van der Waals surface area (Å²) in [6, 6.07) is 7.70. The first-order valence-electron chi connectivity index (χ1n) is 9.07. The molecule has 0 saturated carbocycles. The summed E-state index contributed by atoms with van der Waals surface area (Å²) in [6.45, 7) is 1.92. The summed E-state index contributed by atoms with van der Waals surface area (Å²) in [5, 5.41) is 11.5. The molecule has 2 aliphatic heterocycles. The maximum absolute atomic E-state index is 12.8. The molecule has 2 atom stereocenters. The minimum atomic E-state index is -0.203. The second-order valence-electron chi connectivity index (χ2n) is 6.75. The number of ether oxygens (including phenoxy) is 1. The summed E-state index contributed by atoms with van der Waals surface area (Å²) in [6.07, 6.45) is 3.27. The SMILES string of the molecule is COc1cccc(C2NNCC2C(=O)NCc2nnc3n2CCCC3)c1. The zero-order valence-electron chi connectivity index (χ0n) is 14.9. The van der Waals surface area contributed by atoms with Gasteiger partial charge in [0.15, 0.2) is 5.82 Å². The van der Waals surface area contributed by atoms with Gasteiger partial charge in [0.2, 0.25) is 5.91 Å². The maximum atomic E-state index is 12.8. The van der Waals surface area contributed by atoms with Crippen molar-refractivity contribution in [2.24, 2.45) is 5.92 Å². The van der Waals surface area contributed by atoms with Crippen molar-refractivity contribution in [3.05, 3.63) is 41.5 Å². The number of nitrogens with zero attached hydrogens (tertiary/aromatic N) is 3. The van der Waals surface area contributed by atoms with Crippen molar-refractivity contribution < 1.29 is 9.53 Å². The number of benzene rings is 1. The number of carbonyl (C=O) groups is 1. The molecule has 0 aliphatic carbocycles. The lowest BCUT2D eigenvalue weighted by molar-refractivity contribution is -0.125. The van der Waals surface area contributed by atoms with Crippen molar-refractivity contribution in [3.63, 3.8) is 0 Å². The Morgan fingerprint density at radius 3 is 3.19 bits per heavy atom. The Bertz CT molecular complexity index is 790. The topological polar surface area (TPSA) is 93.1 Å². The quantitative estimate of drug-likeness (QED) is 0.730. The fraction of sp³-hybridized carbons (Fsp3) is 0.500. The van der Waals surface area contributed by atoms with E-state index in [1.807, 2.05) is 24.3 Å². The number of hydrogen-bond donors (Lipinski definition) is 3. The predicted molar refractivity (Wildman–Crippen MR) is 95.2 cm³/mol. The molecule has 1 aromatic carbocycles. The van der Waals surface area contributed by atoms with E-state index in [-0.39, 0.29) is 17.9 Å². The molecule has 2 aliphatic rings. The number of rotatable bonds is 5. The van der Waals surface area contributed by atoms with Gasteiger partial charge in [-0.25, -0.2) is 5.43 Å². The number of aryl methyl sites for hydroxylation is 1. The molecular formula is C18H24N6O2. The van der Waals surface area contributed by atoms with Crippen molar-refractivity contribution >= 4 is 5.91 Å². The third-order valence-electron chi connectivity index (χ3n) is 5.13. The van der Waals surface area contributed by atoms with Crippen molar-refractivity contribution in [1.29, 1.82) is 0 Å². The van der Waals surface area contributed by atoms with E-state index >= 15 is 0 Å². The van der Waals surface area contributed by atoms with E-state index in [4.69, 9.17) is 4.74 Å². The highest BCUT2D eigenvalue weighted by atomic mass is 16.5. The molecule has 1 fully saturated rings. The lowest BCUT2D eigenvalue weighted by Gasteiger charge is -2.19. The highest BCUT2D eigenvalue weighted by Crippen LogP contribution is 2.27. The molecule has 0 radical (unpaired) electrons. The zero-order valence-corrected chi connectivity index (χ0v) is 14.9. The molecule has 8 heteroatoms. The second kappa shape index (κ2) is 7.43. The Hall–Kier alpha value is -2.45. The van der Waals surface area contributed by atoms with Crippen LogP contribution < -0.4 is 20.9 Å². The minimum Gasteiger partial charge on any atom is -0.497 e. The van der Waals surface area contributed by atoms with E-state index in [0.29, 0.717) is 13.1 Å². The number of hydrogen-bond acceptors (Lipinski definition) is 6. The molecule has 0 spiro atoms. The Morgan fingerprint density at radius 1 is 1.38 bits per heavy atom. The van der Waals surface area contributed by atoms with Gasteiger partial charge in [-0.2, -0.15) is 0 Å². The van der Waals surface area contributed by atoms with Gasteiger partial charge in [-0.1, -0.05) is 12.1 Å². The molecule has 1 saturated heterocycles. The van der Waals surface area contributed by atoms with Gasteiger partial charge < -0.3 is 14.6 Å². The molecule has 26 heavy (non-hydrogen) atoms. The molecule has 0 bridgehead atoms. The molecule has 8 nitrogen and oxygen atoms in total. The summed E-state index contributed by atoms with van der Waals surface area (Å²) >= 11 is 0. The van der Waals surface area contributed by atoms with Crippen LogP contribution in [0.15, 0.2) is 24.3 Å². The summed E-state index contributed by atoms with van der Waals surface area (Å²) in [7, 11) is 1.64. The van der Waals surface area contributed by atoms with Crippen molar-refractivity contribution in [2.75, 3.05) is 13.7 Å². The van der Waals surface area contributed by atoms with Crippen LogP contribution in [0.25, 0.3) is 0 Å². The maximum Gasteiger partial charge on any atom is 0.226 e. The number of aromatic nitrogens is 3. The van der Waals surface area contributed by atoms with E-state index in [1.54, 1.807) is 7.11 Å². The van der Waals surface area contributed by atoms with Gasteiger partial charge >= 0.3 is 0 Å². The number of nitrogens with one attached hydrogen (secondary N) is 3. The molecular weight excluding hydrogens is 332 g/mol. The third kappa shape index (κ3) is 3.30. The lowest BCUT2D eigenvalue weighted by atomic mass is 9.94. The van der Waals surface area contributed by atoms with Gasteiger partial charge in [0, 0.05) is 19.5 Å². The average Bonchev–Trinajstić information content (AvgIpc) is 3.33. The molecule has 3 heterocycles. The smallest absolute Gasteiger partial charge is 0.226 e.